The first-order valence-electron chi connectivity index (χ1n) is 9.43. The minimum atomic E-state index is -0.0507. The van der Waals surface area contributed by atoms with Gasteiger partial charge in [0.2, 0.25) is 5.90 Å². The lowest BCUT2D eigenvalue weighted by Crippen LogP contribution is -2.22. The van der Waals surface area contributed by atoms with Crippen molar-refractivity contribution in [3.05, 3.63) is 47.9 Å². The smallest absolute Gasteiger partial charge is 0.289 e. The van der Waals surface area contributed by atoms with Crippen LogP contribution >= 0.6 is 0 Å². The van der Waals surface area contributed by atoms with Crippen molar-refractivity contribution < 1.29 is 4.74 Å². The van der Waals surface area contributed by atoms with Crippen molar-refractivity contribution in [3.63, 3.8) is 0 Å². The summed E-state index contributed by atoms with van der Waals surface area (Å²) in [6.07, 6.45) is 4.70. The number of ether oxygens (including phenoxy) is 1. The molecule has 0 bridgehead atoms. The lowest BCUT2D eigenvalue weighted by atomic mass is 10.0. The molecule has 2 aromatic heterocycles. The molecule has 28 heavy (non-hydrogen) atoms. The highest BCUT2D eigenvalue weighted by molar-refractivity contribution is 6.03. The van der Waals surface area contributed by atoms with E-state index in [4.69, 9.17) is 20.9 Å². The molecular formula is C21H26N6O. The van der Waals surface area contributed by atoms with Gasteiger partial charge in [0.15, 0.2) is 5.82 Å². The summed E-state index contributed by atoms with van der Waals surface area (Å²) in [4.78, 5) is 16.5. The predicted octanol–water partition coefficient (Wildman–Crippen LogP) is 4.20. The fourth-order valence-electron chi connectivity index (χ4n) is 2.88. The molecule has 3 rings (SSSR count). The minimum absolute atomic E-state index is 0.00138. The minimum Gasteiger partial charge on any atom is -0.407 e. The number of rotatable bonds is 5. The van der Waals surface area contributed by atoms with E-state index in [1.807, 2.05) is 44.3 Å². The molecule has 0 fully saturated rings. The van der Waals surface area contributed by atoms with Gasteiger partial charge >= 0.3 is 0 Å². The molecule has 0 aliphatic carbocycles. The average molecular weight is 378 g/mol. The van der Waals surface area contributed by atoms with Crippen LogP contribution in [0.1, 0.15) is 51.3 Å². The molecule has 1 atom stereocenters. The SMILES string of the molecule is CCC(C)c1ccnc(-c2c[nH]c3ccc(C(=N)OC(N)=NC(C)C)cc23)n1. The number of fused-ring (bicyclic) bond motifs is 1. The number of aliphatic imine (C=N–C) groups is 1. The summed E-state index contributed by atoms with van der Waals surface area (Å²) in [5.41, 5.74) is 9.20. The molecule has 1 unspecified atom stereocenters. The van der Waals surface area contributed by atoms with E-state index in [2.05, 4.69) is 28.8 Å². The van der Waals surface area contributed by atoms with Crippen molar-refractivity contribution in [1.82, 2.24) is 15.0 Å². The molecule has 0 amide bonds. The van der Waals surface area contributed by atoms with Gasteiger partial charge in [-0.3, -0.25) is 5.41 Å². The molecule has 2 heterocycles. The zero-order valence-corrected chi connectivity index (χ0v) is 16.7. The van der Waals surface area contributed by atoms with Gasteiger partial charge in [-0.15, -0.1) is 0 Å². The number of aromatic nitrogens is 3. The Morgan fingerprint density at radius 1 is 1.29 bits per heavy atom. The van der Waals surface area contributed by atoms with Gasteiger partial charge in [0.1, 0.15) is 0 Å². The van der Waals surface area contributed by atoms with Crippen LogP contribution in [0.15, 0.2) is 41.7 Å². The van der Waals surface area contributed by atoms with Crippen LogP contribution < -0.4 is 5.73 Å². The van der Waals surface area contributed by atoms with Gasteiger partial charge in [-0.1, -0.05) is 13.8 Å². The van der Waals surface area contributed by atoms with E-state index in [-0.39, 0.29) is 18.0 Å². The van der Waals surface area contributed by atoms with E-state index >= 15 is 0 Å². The molecule has 1 aromatic carbocycles. The van der Waals surface area contributed by atoms with Gasteiger partial charge < -0.3 is 15.5 Å². The van der Waals surface area contributed by atoms with Crippen molar-refractivity contribution in [2.45, 2.75) is 46.1 Å². The number of benzene rings is 1. The molecular weight excluding hydrogens is 352 g/mol. The summed E-state index contributed by atoms with van der Waals surface area (Å²) < 4.78 is 5.35. The zero-order chi connectivity index (χ0) is 20.3. The van der Waals surface area contributed by atoms with Crippen molar-refractivity contribution in [2.75, 3.05) is 0 Å². The molecule has 0 saturated carbocycles. The van der Waals surface area contributed by atoms with Gasteiger partial charge in [-0.25, -0.2) is 15.0 Å². The number of nitrogens with two attached hydrogens (primary N) is 1. The first-order valence-corrected chi connectivity index (χ1v) is 9.43. The van der Waals surface area contributed by atoms with Crippen LogP contribution in [-0.2, 0) is 4.74 Å². The summed E-state index contributed by atoms with van der Waals surface area (Å²) in [6, 6.07) is 7.54. The highest BCUT2D eigenvalue weighted by atomic mass is 16.5. The molecule has 0 saturated heterocycles. The largest absolute Gasteiger partial charge is 0.407 e. The molecule has 146 valence electrons. The summed E-state index contributed by atoms with van der Waals surface area (Å²) in [7, 11) is 0. The lowest BCUT2D eigenvalue weighted by molar-refractivity contribution is 0.523. The maximum atomic E-state index is 8.20. The Bertz CT molecular complexity index is 1020. The fourth-order valence-corrected chi connectivity index (χ4v) is 2.88. The van der Waals surface area contributed by atoms with Crippen molar-refractivity contribution in [2.24, 2.45) is 10.7 Å². The summed E-state index contributed by atoms with van der Waals surface area (Å²) in [5.74, 6) is 0.979. The molecule has 4 N–H and O–H groups in total. The van der Waals surface area contributed by atoms with E-state index < -0.39 is 0 Å². The lowest BCUT2D eigenvalue weighted by Gasteiger charge is -2.09. The number of nitrogens with zero attached hydrogens (tertiary/aromatic N) is 3. The van der Waals surface area contributed by atoms with E-state index in [9.17, 15) is 0 Å². The van der Waals surface area contributed by atoms with Gasteiger partial charge in [-0.2, -0.15) is 0 Å². The fraction of sp³-hybridized carbons (Fsp3) is 0.333. The number of hydrogen-bond donors (Lipinski definition) is 3. The maximum Gasteiger partial charge on any atom is 0.289 e. The Balaban J connectivity index is 1.96. The van der Waals surface area contributed by atoms with Crippen LogP contribution in [-0.4, -0.2) is 32.9 Å². The van der Waals surface area contributed by atoms with E-state index in [0.29, 0.717) is 17.3 Å². The first-order chi connectivity index (χ1) is 13.4. The third-order valence-corrected chi connectivity index (χ3v) is 4.57. The predicted molar refractivity (Wildman–Crippen MR) is 113 cm³/mol. The van der Waals surface area contributed by atoms with Gasteiger partial charge in [-0.05, 0) is 50.5 Å². The van der Waals surface area contributed by atoms with Crippen LogP contribution in [0.3, 0.4) is 0 Å². The average Bonchev–Trinajstić information content (AvgIpc) is 3.09. The monoisotopic (exact) mass is 378 g/mol. The van der Waals surface area contributed by atoms with Crippen LogP contribution in [0.25, 0.3) is 22.3 Å². The molecule has 0 radical (unpaired) electrons. The van der Waals surface area contributed by atoms with Crippen molar-refractivity contribution in [1.29, 1.82) is 5.41 Å². The van der Waals surface area contributed by atoms with Crippen LogP contribution in [0.5, 0.6) is 0 Å². The number of amidine groups is 1. The highest BCUT2D eigenvalue weighted by Crippen LogP contribution is 2.28. The Hall–Kier alpha value is -3.22. The maximum absolute atomic E-state index is 8.20. The van der Waals surface area contributed by atoms with Gasteiger partial charge in [0.25, 0.3) is 6.02 Å². The normalized spacial score (nSPS) is 13.1. The third kappa shape index (κ3) is 4.19. The van der Waals surface area contributed by atoms with Crippen molar-refractivity contribution >= 4 is 22.8 Å². The van der Waals surface area contributed by atoms with Crippen LogP contribution in [0.2, 0.25) is 0 Å². The van der Waals surface area contributed by atoms with Gasteiger partial charge in [0, 0.05) is 46.2 Å². The van der Waals surface area contributed by atoms with Gasteiger partial charge in [0.05, 0.1) is 0 Å². The zero-order valence-electron chi connectivity index (χ0n) is 16.7. The third-order valence-electron chi connectivity index (χ3n) is 4.57. The van der Waals surface area contributed by atoms with Crippen LogP contribution in [0.4, 0.5) is 0 Å². The molecule has 0 aliphatic rings. The van der Waals surface area contributed by atoms with E-state index in [1.54, 1.807) is 6.20 Å². The summed E-state index contributed by atoms with van der Waals surface area (Å²) in [6.45, 7) is 8.09. The van der Waals surface area contributed by atoms with E-state index in [0.717, 1.165) is 28.6 Å². The summed E-state index contributed by atoms with van der Waals surface area (Å²) >= 11 is 0. The Kier molecular flexibility index (Phi) is 5.73. The highest BCUT2D eigenvalue weighted by Gasteiger charge is 2.14. The van der Waals surface area contributed by atoms with Crippen LogP contribution in [0, 0.1) is 5.41 Å². The molecule has 0 aliphatic heterocycles. The first kappa shape index (κ1) is 19.5. The molecule has 0 spiro atoms. The topological polar surface area (TPSA) is 113 Å². The van der Waals surface area contributed by atoms with Crippen molar-refractivity contribution in [3.8, 4) is 11.4 Å². The van der Waals surface area contributed by atoms with E-state index in [1.165, 1.54) is 0 Å². The quantitative estimate of drug-likeness (QED) is 0.456. The number of H-pyrrole nitrogens is 1. The molecule has 7 heteroatoms. The molecule has 3 aromatic rings. The standard InChI is InChI=1S/C21H26N6O/c1-5-13(4)17-8-9-24-20(27-17)16-11-25-18-7-6-14(10-15(16)18)19(22)28-21(23)26-12(2)3/h6-13,22,25H,5H2,1-4H3,(H2,23,26). The second-order valence-corrected chi connectivity index (χ2v) is 7.07. The number of aromatic amines is 1. The number of hydrogen-bond acceptors (Lipinski definition) is 5. The Labute approximate surface area is 164 Å². The summed E-state index contributed by atoms with van der Waals surface area (Å²) in [5, 5.41) is 9.12. The Morgan fingerprint density at radius 2 is 2.07 bits per heavy atom. The Morgan fingerprint density at radius 3 is 2.79 bits per heavy atom. The molecule has 7 nitrogen and oxygen atoms in total. The second-order valence-electron chi connectivity index (χ2n) is 7.07. The number of nitrogens with one attached hydrogen (secondary N) is 2. The second kappa shape index (κ2) is 8.21.